The van der Waals surface area contributed by atoms with E-state index in [9.17, 15) is 4.79 Å². The van der Waals surface area contributed by atoms with Crippen molar-refractivity contribution < 1.29 is 28.5 Å². The van der Waals surface area contributed by atoms with Gasteiger partial charge in [-0.3, -0.25) is 4.79 Å². The Balaban J connectivity index is 1.06. The van der Waals surface area contributed by atoms with Gasteiger partial charge in [0.15, 0.2) is 11.5 Å². The zero-order valence-electron chi connectivity index (χ0n) is 23.3. The van der Waals surface area contributed by atoms with E-state index in [0.29, 0.717) is 19.0 Å². The normalized spacial score (nSPS) is 15.8. The van der Waals surface area contributed by atoms with Crippen molar-refractivity contribution in [3.63, 3.8) is 0 Å². The lowest BCUT2D eigenvalue weighted by Crippen LogP contribution is -2.33. The molecule has 0 aliphatic carbocycles. The Bertz CT molecular complexity index is 1320. The van der Waals surface area contributed by atoms with Crippen molar-refractivity contribution in [2.75, 3.05) is 59.2 Å². The van der Waals surface area contributed by atoms with Crippen LogP contribution in [0.5, 0.6) is 28.7 Å². The number of carbonyl (C=O) groups is 1. The SMILES string of the molecule is COc1ccc(OCCCCCN(C)CCOc2ccc3c(c2)OCO3)c([C@@H]2Sc3ccccc3N(C)C2=O)c1. The Morgan fingerprint density at radius 2 is 1.75 bits per heavy atom. The number of unbranched alkanes of at least 4 members (excludes halogenated alkanes) is 2. The number of benzene rings is 3. The Morgan fingerprint density at radius 3 is 2.62 bits per heavy atom. The van der Waals surface area contributed by atoms with Gasteiger partial charge in [0.05, 0.1) is 19.4 Å². The Kier molecular flexibility index (Phi) is 9.23. The van der Waals surface area contributed by atoms with Gasteiger partial charge in [-0.1, -0.05) is 12.1 Å². The van der Waals surface area contributed by atoms with E-state index in [0.717, 1.165) is 71.5 Å². The van der Waals surface area contributed by atoms with Crippen LogP contribution >= 0.6 is 11.8 Å². The molecule has 3 aromatic carbocycles. The second kappa shape index (κ2) is 13.2. The molecule has 212 valence electrons. The summed E-state index contributed by atoms with van der Waals surface area (Å²) in [6, 6.07) is 19.4. The van der Waals surface area contributed by atoms with E-state index >= 15 is 0 Å². The highest BCUT2D eigenvalue weighted by molar-refractivity contribution is 8.00. The molecule has 0 saturated heterocycles. The van der Waals surface area contributed by atoms with Crippen LogP contribution in [-0.4, -0.2) is 65.1 Å². The van der Waals surface area contributed by atoms with Crippen molar-refractivity contribution in [1.29, 1.82) is 0 Å². The van der Waals surface area contributed by atoms with Gasteiger partial charge in [-0.05, 0) is 75.3 Å². The quantitative estimate of drug-likeness (QED) is 0.242. The third-order valence-electron chi connectivity index (χ3n) is 7.05. The third-order valence-corrected chi connectivity index (χ3v) is 8.34. The molecule has 0 unspecified atom stereocenters. The third kappa shape index (κ3) is 6.59. The smallest absolute Gasteiger partial charge is 0.244 e. The Labute approximate surface area is 240 Å². The van der Waals surface area contributed by atoms with Crippen molar-refractivity contribution >= 4 is 23.4 Å². The lowest BCUT2D eigenvalue weighted by molar-refractivity contribution is -0.118. The number of likely N-dealkylation sites (N-methyl/N-ethyl adjacent to an activating group) is 2. The minimum atomic E-state index is -0.390. The topological polar surface area (TPSA) is 69.7 Å². The average molecular weight is 565 g/mol. The molecule has 3 aromatic rings. The number of methoxy groups -OCH3 is 1. The number of ether oxygens (including phenoxy) is 5. The molecule has 0 N–H and O–H groups in total. The Hall–Kier alpha value is -3.56. The number of rotatable bonds is 13. The van der Waals surface area contributed by atoms with Crippen molar-refractivity contribution in [3.05, 3.63) is 66.2 Å². The Morgan fingerprint density at radius 1 is 0.925 bits per heavy atom. The second-order valence-electron chi connectivity index (χ2n) is 9.84. The van der Waals surface area contributed by atoms with Gasteiger partial charge in [0.25, 0.3) is 0 Å². The van der Waals surface area contributed by atoms with E-state index in [1.807, 2.05) is 61.6 Å². The average Bonchev–Trinajstić information content (AvgIpc) is 3.45. The molecule has 0 fully saturated rings. The number of fused-ring (bicyclic) bond motifs is 2. The molecular weight excluding hydrogens is 528 g/mol. The lowest BCUT2D eigenvalue weighted by atomic mass is 10.1. The predicted molar refractivity (Wildman–Crippen MR) is 156 cm³/mol. The van der Waals surface area contributed by atoms with Gasteiger partial charge in [0.2, 0.25) is 12.7 Å². The maximum absolute atomic E-state index is 13.3. The molecule has 40 heavy (non-hydrogen) atoms. The molecule has 1 amide bonds. The minimum Gasteiger partial charge on any atom is -0.497 e. The number of para-hydroxylation sites is 1. The molecule has 9 heteroatoms. The summed E-state index contributed by atoms with van der Waals surface area (Å²) in [5.41, 5.74) is 1.78. The van der Waals surface area contributed by atoms with Gasteiger partial charge in [-0.25, -0.2) is 0 Å². The van der Waals surface area contributed by atoms with E-state index in [-0.39, 0.29) is 12.7 Å². The summed E-state index contributed by atoms with van der Waals surface area (Å²) in [4.78, 5) is 18.4. The molecular formula is C31H36N2O6S. The highest BCUT2D eigenvalue weighted by Gasteiger charge is 2.34. The van der Waals surface area contributed by atoms with Crippen molar-refractivity contribution in [1.82, 2.24) is 4.90 Å². The van der Waals surface area contributed by atoms with Crippen LogP contribution in [0.15, 0.2) is 65.6 Å². The molecule has 1 atom stereocenters. The molecule has 8 nitrogen and oxygen atoms in total. The summed E-state index contributed by atoms with van der Waals surface area (Å²) in [6.45, 7) is 3.28. The molecule has 0 bridgehead atoms. The molecule has 2 heterocycles. The number of amides is 1. The summed E-state index contributed by atoms with van der Waals surface area (Å²) in [5, 5.41) is -0.390. The fourth-order valence-corrected chi connectivity index (χ4v) is 6.04. The van der Waals surface area contributed by atoms with E-state index in [2.05, 4.69) is 18.0 Å². The summed E-state index contributed by atoms with van der Waals surface area (Å²) < 4.78 is 28.3. The summed E-state index contributed by atoms with van der Waals surface area (Å²) in [5.74, 6) is 3.76. The van der Waals surface area contributed by atoms with Gasteiger partial charge < -0.3 is 33.5 Å². The number of thioether (sulfide) groups is 1. The van der Waals surface area contributed by atoms with Gasteiger partial charge >= 0.3 is 0 Å². The first kappa shape index (κ1) is 28.0. The molecule has 2 aliphatic heterocycles. The first-order valence-electron chi connectivity index (χ1n) is 13.6. The van der Waals surface area contributed by atoms with Gasteiger partial charge in [0, 0.05) is 30.1 Å². The van der Waals surface area contributed by atoms with Crippen LogP contribution in [0.25, 0.3) is 0 Å². The first-order valence-corrected chi connectivity index (χ1v) is 14.5. The maximum atomic E-state index is 13.3. The maximum Gasteiger partial charge on any atom is 0.244 e. The van der Waals surface area contributed by atoms with Crippen LogP contribution in [-0.2, 0) is 4.79 Å². The minimum absolute atomic E-state index is 0.0346. The number of hydrogen-bond donors (Lipinski definition) is 0. The van der Waals surface area contributed by atoms with Crippen molar-refractivity contribution in [2.24, 2.45) is 0 Å². The monoisotopic (exact) mass is 564 g/mol. The summed E-state index contributed by atoms with van der Waals surface area (Å²) in [7, 11) is 5.57. The number of anilines is 1. The van der Waals surface area contributed by atoms with Gasteiger partial charge in [0.1, 0.15) is 29.1 Å². The van der Waals surface area contributed by atoms with Crippen molar-refractivity contribution in [2.45, 2.75) is 29.4 Å². The molecule has 0 spiro atoms. The van der Waals surface area contributed by atoms with Crippen molar-refractivity contribution in [3.8, 4) is 28.7 Å². The molecule has 5 rings (SSSR count). The van der Waals surface area contributed by atoms with Gasteiger partial charge in [-0.2, -0.15) is 0 Å². The summed E-state index contributed by atoms with van der Waals surface area (Å²) >= 11 is 1.56. The standard InChI is InChI=1S/C31H36N2O6S/c1-32(16-18-36-23-12-14-27-28(20-23)39-21-38-27)15-7-4-8-17-37-26-13-11-22(35-3)19-24(26)30-31(34)33(2)25-9-5-6-10-29(25)40-30/h5-6,9-14,19-20,30H,4,7-8,15-18,21H2,1-3H3/t30-/m0/s1. The van der Waals surface area contributed by atoms with Crippen LogP contribution in [0.2, 0.25) is 0 Å². The van der Waals surface area contributed by atoms with E-state index in [4.69, 9.17) is 23.7 Å². The zero-order valence-corrected chi connectivity index (χ0v) is 24.1. The zero-order chi connectivity index (χ0) is 27.9. The fourth-order valence-electron chi connectivity index (χ4n) is 4.73. The van der Waals surface area contributed by atoms with Crippen LogP contribution < -0.4 is 28.6 Å². The molecule has 0 radical (unpaired) electrons. The summed E-state index contributed by atoms with van der Waals surface area (Å²) in [6.07, 6.45) is 3.05. The molecule has 2 aliphatic rings. The molecule has 0 saturated carbocycles. The first-order chi connectivity index (χ1) is 19.5. The van der Waals surface area contributed by atoms with Crippen LogP contribution in [0.3, 0.4) is 0 Å². The highest BCUT2D eigenvalue weighted by atomic mass is 32.2. The van der Waals surface area contributed by atoms with Crippen LogP contribution in [0, 0.1) is 0 Å². The number of nitrogens with zero attached hydrogens (tertiary/aromatic N) is 2. The van der Waals surface area contributed by atoms with E-state index < -0.39 is 5.25 Å². The van der Waals surface area contributed by atoms with E-state index in [1.165, 1.54) is 0 Å². The second-order valence-corrected chi connectivity index (χ2v) is 11.0. The van der Waals surface area contributed by atoms with Gasteiger partial charge in [-0.15, -0.1) is 11.8 Å². The largest absolute Gasteiger partial charge is 0.497 e. The van der Waals surface area contributed by atoms with Crippen LogP contribution in [0.4, 0.5) is 5.69 Å². The number of carbonyl (C=O) groups excluding carboxylic acids is 1. The lowest BCUT2D eigenvalue weighted by Gasteiger charge is -2.32. The predicted octanol–water partition coefficient (Wildman–Crippen LogP) is 5.79. The fraction of sp³-hybridized carbons (Fsp3) is 0.387. The van der Waals surface area contributed by atoms with E-state index in [1.54, 1.807) is 23.8 Å². The van der Waals surface area contributed by atoms with Crippen LogP contribution in [0.1, 0.15) is 30.1 Å². The molecule has 0 aromatic heterocycles. The highest BCUT2D eigenvalue weighted by Crippen LogP contribution is 2.48. The number of hydrogen-bond acceptors (Lipinski definition) is 8.